The van der Waals surface area contributed by atoms with Gasteiger partial charge in [0.1, 0.15) is 12.6 Å². The van der Waals surface area contributed by atoms with Crippen LogP contribution in [-0.2, 0) is 26.2 Å². The van der Waals surface area contributed by atoms with Crippen LogP contribution in [0.15, 0.2) is 42.5 Å². The van der Waals surface area contributed by atoms with Crippen molar-refractivity contribution >= 4 is 27.5 Å². The molecule has 1 N–H and O–H groups in total. The molecule has 1 atom stereocenters. The summed E-state index contributed by atoms with van der Waals surface area (Å²) in [4.78, 5) is 28.3. The van der Waals surface area contributed by atoms with E-state index in [1.54, 1.807) is 6.07 Å². The lowest BCUT2D eigenvalue weighted by Gasteiger charge is -2.33. The molecule has 7 nitrogen and oxygen atoms in total. The zero-order valence-corrected chi connectivity index (χ0v) is 22.6. The maximum absolute atomic E-state index is 13.7. The van der Waals surface area contributed by atoms with Gasteiger partial charge in [-0.1, -0.05) is 67.8 Å². The lowest BCUT2D eigenvalue weighted by Crippen LogP contribution is -2.52. The molecule has 0 bridgehead atoms. The van der Waals surface area contributed by atoms with Crippen LogP contribution >= 0.6 is 0 Å². The number of anilines is 1. The Kier molecular flexibility index (Phi) is 10.3. The molecule has 192 valence electrons. The van der Waals surface area contributed by atoms with E-state index >= 15 is 0 Å². The molecule has 0 heterocycles. The fourth-order valence-electron chi connectivity index (χ4n) is 4.00. The van der Waals surface area contributed by atoms with E-state index in [1.165, 1.54) is 4.90 Å². The first-order chi connectivity index (χ1) is 16.5. The minimum atomic E-state index is -3.75. The number of benzene rings is 2. The second-order valence-corrected chi connectivity index (χ2v) is 11.0. The van der Waals surface area contributed by atoms with Crippen LogP contribution in [0, 0.1) is 20.8 Å². The Hall–Kier alpha value is -2.87. The summed E-state index contributed by atoms with van der Waals surface area (Å²) in [7, 11) is -3.75. The molecule has 2 amide bonds. The van der Waals surface area contributed by atoms with Gasteiger partial charge in [-0.25, -0.2) is 8.42 Å². The number of carbonyl (C=O) groups excluding carboxylic acids is 2. The van der Waals surface area contributed by atoms with Crippen molar-refractivity contribution < 1.29 is 18.0 Å². The lowest BCUT2D eigenvalue weighted by atomic mass is 10.1. The smallest absolute Gasteiger partial charge is 0.244 e. The first kappa shape index (κ1) is 28.4. The molecule has 2 aromatic rings. The summed E-state index contributed by atoms with van der Waals surface area (Å²) in [5, 5.41) is 2.93. The molecule has 0 spiro atoms. The van der Waals surface area contributed by atoms with E-state index in [1.807, 2.05) is 71.0 Å². The Morgan fingerprint density at radius 3 is 2.14 bits per heavy atom. The van der Waals surface area contributed by atoms with Gasteiger partial charge in [0.15, 0.2) is 0 Å². The SMILES string of the molecule is CCCCNC(=O)[C@H](CC)N(Cc1ccc(C)cc1)C(=O)CN(c1ccc(C)cc1C)S(C)(=O)=O. The highest BCUT2D eigenvalue weighted by Crippen LogP contribution is 2.24. The Labute approximate surface area is 210 Å². The number of nitrogens with one attached hydrogen (secondary N) is 1. The van der Waals surface area contributed by atoms with Gasteiger partial charge in [-0.15, -0.1) is 0 Å². The first-order valence-electron chi connectivity index (χ1n) is 12.2. The van der Waals surface area contributed by atoms with Crippen LogP contribution in [0.1, 0.15) is 55.4 Å². The largest absolute Gasteiger partial charge is 0.354 e. The van der Waals surface area contributed by atoms with E-state index in [-0.39, 0.29) is 19.0 Å². The topological polar surface area (TPSA) is 86.8 Å². The third kappa shape index (κ3) is 8.09. The van der Waals surface area contributed by atoms with Crippen molar-refractivity contribution in [3.05, 3.63) is 64.7 Å². The van der Waals surface area contributed by atoms with Crippen LogP contribution < -0.4 is 9.62 Å². The molecule has 0 saturated heterocycles. The molecule has 0 saturated carbocycles. The molecular formula is C27H39N3O4S. The normalized spacial score (nSPS) is 12.2. The van der Waals surface area contributed by atoms with Gasteiger partial charge in [0.25, 0.3) is 0 Å². The number of hydrogen-bond acceptors (Lipinski definition) is 4. The van der Waals surface area contributed by atoms with Gasteiger partial charge in [0.2, 0.25) is 21.8 Å². The highest BCUT2D eigenvalue weighted by molar-refractivity contribution is 7.92. The second kappa shape index (κ2) is 12.7. The van der Waals surface area contributed by atoms with E-state index in [2.05, 4.69) is 5.32 Å². The van der Waals surface area contributed by atoms with Crippen molar-refractivity contribution in [2.75, 3.05) is 23.7 Å². The molecule has 8 heteroatoms. The van der Waals surface area contributed by atoms with Crippen molar-refractivity contribution in [3.8, 4) is 0 Å². The molecule has 0 radical (unpaired) electrons. The van der Waals surface area contributed by atoms with Crippen LogP contribution in [-0.4, -0.2) is 50.5 Å². The molecule has 0 aromatic heterocycles. The number of hydrogen-bond donors (Lipinski definition) is 1. The van der Waals surface area contributed by atoms with Crippen molar-refractivity contribution in [1.29, 1.82) is 0 Å². The van der Waals surface area contributed by atoms with Gasteiger partial charge in [0, 0.05) is 13.1 Å². The number of sulfonamides is 1. The average molecular weight is 502 g/mol. The summed E-state index contributed by atoms with van der Waals surface area (Å²) in [5.41, 5.74) is 4.19. The van der Waals surface area contributed by atoms with Crippen molar-refractivity contribution in [1.82, 2.24) is 10.2 Å². The first-order valence-corrected chi connectivity index (χ1v) is 14.0. The zero-order chi connectivity index (χ0) is 26.2. The standard InChI is InChI=1S/C27H39N3O4S/c1-7-9-16-28-27(32)24(8-2)29(18-23-13-10-20(3)11-14-23)26(31)19-30(35(6,33)34)25-15-12-21(4)17-22(25)5/h10-15,17,24H,7-9,16,18-19H2,1-6H3,(H,28,32)/t24-/m0/s1. The predicted molar refractivity (Wildman–Crippen MR) is 142 cm³/mol. The predicted octanol–water partition coefficient (Wildman–Crippen LogP) is 4.10. The van der Waals surface area contributed by atoms with E-state index in [0.717, 1.165) is 45.7 Å². The summed E-state index contributed by atoms with van der Waals surface area (Å²) < 4.78 is 26.6. The molecule has 2 aromatic carbocycles. The third-order valence-corrected chi connectivity index (χ3v) is 7.12. The Balaban J connectivity index is 2.42. The summed E-state index contributed by atoms with van der Waals surface area (Å²) in [6.45, 7) is 10.0. The zero-order valence-electron chi connectivity index (χ0n) is 21.8. The highest BCUT2D eigenvalue weighted by Gasteiger charge is 2.32. The van der Waals surface area contributed by atoms with E-state index in [4.69, 9.17) is 0 Å². The van der Waals surface area contributed by atoms with Crippen LogP contribution in [0.4, 0.5) is 5.69 Å². The van der Waals surface area contributed by atoms with Crippen LogP contribution in [0.2, 0.25) is 0 Å². The van der Waals surface area contributed by atoms with Crippen molar-refractivity contribution in [2.24, 2.45) is 0 Å². The average Bonchev–Trinajstić information content (AvgIpc) is 2.78. The monoisotopic (exact) mass is 501 g/mol. The Morgan fingerprint density at radius 1 is 0.971 bits per heavy atom. The maximum atomic E-state index is 13.7. The number of unbranched alkanes of at least 4 members (excludes halogenated alkanes) is 1. The van der Waals surface area contributed by atoms with E-state index in [9.17, 15) is 18.0 Å². The number of nitrogens with zero attached hydrogens (tertiary/aromatic N) is 2. The van der Waals surface area contributed by atoms with Crippen molar-refractivity contribution in [2.45, 2.75) is 66.5 Å². The van der Waals surface area contributed by atoms with E-state index in [0.29, 0.717) is 18.7 Å². The molecule has 0 aliphatic heterocycles. The number of rotatable bonds is 12. The van der Waals surface area contributed by atoms with E-state index < -0.39 is 22.0 Å². The van der Waals surface area contributed by atoms with Crippen LogP contribution in [0.5, 0.6) is 0 Å². The van der Waals surface area contributed by atoms with Gasteiger partial charge in [-0.05, 0) is 50.8 Å². The van der Waals surface area contributed by atoms with Gasteiger partial charge in [-0.3, -0.25) is 13.9 Å². The summed E-state index contributed by atoms with van der Waals surface area (Å²) in [6.07, 6.45) is 3.31. The summed E-state index contributed by atoms with van der Waals surface area (Å²) in [5.74, 6) is -0.646. The molecule has 2 rings (SSSR count). The van der Waals surface area contributed by atoms with Gasteiger partial charge in [-0.2, -0.15) is 0 Å². The lowest BCUT2D eigenvalue weighted by molar-refractivity contribution is -0.140. The van der Waals surface area contributed by atoms with Crippen molar-refractivity contribution in [3.63, 3.8) is 0 Å². The summed E-state index contributed by atoms with van der Waals surface area (Å²) in [6, 6.07) is 12.5. The highest BCUT2D eigenvalue weighted by atomic mass is 32.2. The molecular weight excluding hydrogens is 462 g/mol. The quantitative estimate of drug-likeness (QED) is 0.444. The minimum absolute atomic E-state index is 0.212. The number of carbonyl (C=O) groups is 2. The fourth-order valence-corrected chi connectivity index (χ4v) is 4.90. The summed E-state index contributed by atoms with van der Waals surface area (Å²) >= 11 is 0. The van der Waals surface area contributed by atoms with Gasteiger partial charge < -0.3 is 10.2 Å². The van der Waals surface area contributed by atoms with Crippen LogP contribution in [0.3, 0.4) is 0 Å². The minimum Gasteiger partial charge on any atom is -0.354 e. The maximum Gasteiger partial charge on any atom is 0.244 e. The number of aryl methyl sites for hydroxylation is 3. The second-order valence-electron chi connectivity index (χ2n) is 9.14. The fraction of sp³-hybridized carbons (Fsp3) is 0.481. The number of amides is 2. The van der Waals surface area contributed by atoms with Gasteiger partial charge in [0.05, 0.1) is 11.9 Å². The van der Waals surface area contributed by atoms with Gasteiger partial charge >= 0.3 is 0 Å². The Bertz CT molecular complexity index is 1110. The molecule has 35 heavy (non-hydrogen) atoms. The third-order valence-electron chi connectivity index (χ3n) is 5.99. The Morgan fingerprint density at radius 2 is 1.60 bits per heavy atom. The molecule has 0 aliphatic carbocycles. The molecule has 0 fully saturated rings. The molecule has 0 aliphatic rings. The van der Waals surface area contributed by atoms with Crippen LogP contribution in [0.25, 0.3) is 0 Å². The molecule has 0 unspecified atom stereocenters.